The first-order chi connectivity index (χ1) is 12.9. The Morgan fingerprint density at radius 1 is 1.07 bits per heavy atom. The molecule has 27 heavy (non-hydrogen) atoms. The minimum atomic E-state index is -1.77. The third-order valence-electron chi connectivity index (χ3n) is 7.17. The lowest BCUT2D eigenvalue weighted by Gasteiger charge is -2.35. The van der Waals surface area contributed by atoms with Crippen molar-refractivity contribution in [3.63, 3.8) is 0 Å². The van der Waals surface area contributed by atoms with Gasteiger partial charge in [-0.2, -0.15) is 0 Å². The molecule has 1 aromatic carbocycles. The van der Waals surface area contributed by atoms with Crippen molar-refractivity contribution in [3.8, 4) is 0 Å². The maximum absolute atomic E-state index is 6.92. The van der Waals surface area contributed by atoms with Crippen LogP contribution in [-0.4, -0.2) is 20.9 Å². The smallest absolute Gasteiger partial charge is 0.192 e. The van der Waals surface area contributed by atoms with Gasteiger partial charge < -0.3 is 9.74 Å². The summed E-state index contributed by atoms with van der Waals surface area (Å²) >= 11 is 13.3. The molecule has 5 heteroatoms. The Hall–Kier alpha value is -0.0631. The van der Waals surface area contributed by atoms with Gasteiger partial charge in [-0.3, -0.25) is 0 Å². The fraction of sp³-hybridized carbons (Fsp3) is 0.727. The minimum Gasteiger partial charge on any atom is -0.409 e. The van der Waals surface area contributed by atoms with Crippen LogP contribution in [0.5, 0.6) is 0 Å². The summed E-state index contributed by atoms with van der Waals surface area (Å²) in [5.74, 6) is 1.79. The molecule has 4 unspecified atom stereocenters. The van der Waals surface area contributed by atoms with Gasteiger partial charge in [0.25, 0.3) is 0 Å². The molecular weight excluding hydrogens is 393 g/mol. The number of benzene rings is 1. The second kappa shape index (κ2) is 9.17. The molecule has 2 fully saturated rings. The van der Waals surface area contributed by atoms with E-state index in [9.17, 15) is 0 Å². The van der Waals surface area contributed by atoms with E-state index >= 15 is 0 Å². The molecule has 3 rings (SSSR count). The summed E-state index contributed by atoms with van der Waals surface area (Å²) in [7, 11) is -1.77. The second-order valence-corrected chi connectivity index (χ2v) is 14.2. The van der Waals surface area contributed by atoms with Gasteiger partial charge >= 0.3 is 0 Å². The average Bonchev–Trinajstić information content (AvgIpc) is 3.26. The van der Waals surface area contributed by atoms with Gasteiger partial charge in [0.2, 0.25) is 0 Å². The van der Waals surface area contributed by atoms with E-state index in [1.165, 1.54) is 25.7 Å². The normalized spacial score (nSPS) is 25.9. The zero-order valence-corrected chi connectivity index (χ0v) is 19.8. The quantitative estimate of drug-likeness (QED) is 0.422. The average molecular weight is 429 g/mol. The Labute approximate surface area is 176 Å². The largest absolute Gasteiger partial charge is 0.409 e. The van der Waals surface area contributed by atoms with Crippen molar-refractivity contribution in [1.82, 2.24) is 5.32 Å². The van der Waals surface area contributed by atoms with Gasteiger partial charge in [-0.1, -0.05) is 50.4 Å². The Morgan fingerprint density at radius 2 is 1.70 bits per heavy atom. The highest BCUT2D eigenvalue weighted by Gasteiger charge is 2.40. The molecule has 0 radical (unpaired) electrons. The first kappa shape index (κ1) is 21.6. The number of aryl methyl sites for hydroxylation is 1. The number of hydrogen-bond acceptors (Lipinski definition) is 2. The Morgan fingerprint density at radius 3 is 2.19 bits per heavy atom. The van der Waals surface area contributed by atoms with Crippen molar-refractivity contribution >= 4 is 31.5 Å². The third-order valence-corrected chi connectivity index (χ3v) is 12.5. The molecule has 0 saturated heterocycles. The SMILES string of the molecule is CC[Si](CC)(CC)OC(CNC1CC2CCC1C2)c1c(Cl)cc(C)cc1Cl. The van der Waals surface area contributed by atoms with E-state index in [0.717, 1.165) is 57.7 Å². The van der Waals surface area contributed by atoms with Crippen LogP contribution in [0.15, 0.2) is 12.1 Å². The fourth-order valence-electron chi connectivity index (χ4n) is 5.28. The molecule has 0 spiro atoms. The van der Waals surface area contributed by atoms with Gasteiger partial charge in [-0.05, 0) is 73.9 Å². The summed E-state index contributed by atoms with van der Waals surface area (Å²) in [5.41, 5.74) is 2.07. The molecular formula is C22H35Cl2NOSi. The summed E-state index contributed by atoms with van der Waals surface area (Å²) in [6.45, 7) is 9.67. The molecule has 152 valence electrons. The third kappa shape index (κ3) is 4.75. The lowest BCUT2D eigenvalue weighted by Crippen LogP contribution is -2.42. The van der Waals surface area contributed by atoms with Crippen LogP contribution in [0.25, 0.3) is 0 Å². The number of fused-ring (bicyclic) bond motifs is 2. The maximum Gasteiger partial charge on any atom is 0.192 e. The van der Waals surface area contributed by atoms with Crippen LogP contribution in [0.2, 0.25) is 28.2 Å². The van der Waals surface area contributed by atoms with Gasteiger partial charge in [-0.25, -0.2) is 0 Å². The Bertz CT molecular complexity index is 618. The summed E-state index contributed by atoms with van der Waals surface area (Å²) < 4.78 is 6.92. The first-order valence-corrected chi connectivity index (χ1v) is 14.1. The van der Waals surface area contributed by atoms with Crippen molar-refractivity contribution in [2.75, 3.05) is 6.54 Å². The molecule has 0 heterocycles. The van der Waals surface area contributed by atoms with E-state index in [1.807, 2.05) is 19.1 Å². The van der Waals surface area contributed by atoms with Gasteiger partial charge in [-0.15, -0.1) is 0 Å². The molecule has 0 aliphatic heterocycles. The zero-order valence-electron chi connectivity index (χ0n) is 17.3. The highest BCUT2D eigenvalue weighted by atomic mass is 35.5. The van der Waals surface area contributed by atoms with E-state index in [-0.39, 0.29) is 6.10 Å². The summed E-state index contributed by atoms with van der Waals surface area (Å²) in [6.07, 6.45) is 5.49. The Balaban J connectivity index is 1.82. The van der Waals surface area contributed by atoms with Crippen LogP contribution >= 0.6 is 23.2 Å². The molecule has 2 bridgehead atoms. The van der Waals surface area contributed by atoms with Crippen molar-refractivity contribution in [2.24, 2.45) is 11.8 Å². The van der Waals surface area contributed by atoms with E-state index < -0.39 is 8.32 Å². The van der Waals surface area contributed by atoms with E-state index in [4.69, 9.17) is 27.6 Å². The van der Waals surface area contributed by atoms with Gasteiger partial charge in [0.05, 0.1) is 6.10 Å². The van der Waals surface area contributed by atoms with Crippen molar-refractivity contribution in [1.29, 1.82) is 0 Å². The number of nitrogens with one attached hydrogen (secondary N) is 1. The molecule has 2 nitrogen and oxygen atoms in total. The fourth-order valence-corrected chi connectivity index (χ4v) is 8.92. The van der Waals surface area contributed by atoms with Crippen LogP contribution in [0.3, 0.4) is 0 Å². The van der Waals surface area contributed by atoms with Crippen LogP contribution in [0.1, 0.15) is 63.7 Å². The molecule has 2 aliphatic carbocycles. The number of hydrogen-bond donors (Lipinski definition) is 1. The van der Waals surface area contributed by atoms with Crippen LogP contribution in [0, 0.1) is 18.8 Å². The van der Waals surface area contributed by atoms with Crippen molar-refractivity contribution in [3.05, 3.63) is 33.3 Å². The topological polar surface area (TPSA) is 21.3 Å². The highest BCUT2D eigenvalue weighted by molar-refractivity contribution is 6.73. The van der Waals surface area contributed by atoms with Gasteiger partial charge in [0.15, 0.2) is 8.32 Å². The van der Waals surface area contributed by atoms with Crippen LogP contribution in [0.4, 0.5) is 0 Å². The van der Waals surface area contributed by atoms with E-state index in [0.29, 0.717) is 6.04 Å². The number of rotatable bonds is 9. The highest BCUT2D eigenvalue weighted by Crippen LogP contribution is 2.45. The van der Waals surface area contributed by atoms with Crippen LogP contribution < -0.4 is 5.32 Å². The first-order valence-electron chi connectivity index (χ1n) is 10.8. The zero-order chi connectivity index (χ0) is 19.6. The molecule has 2 aliphatic rings. The second-order valence-electron chi connectivity index (χ2n) is 8.68. The summed E-state index contributed by atoms with van der Waals surface area (Å²) in [6, 6.07) is 8.07. The van der Waals surface area contributed by atoms with Gasteiger partial charge in [0, 0.05) is 28.2 Å². The summed E-state index contributed by atoms with van der Waals surface area (Å²) in [5, 5.41) is 5.34. The monoisotopic (exact) mass is 427 g/mol. The molecule has 0 amide bonds. The van der Waals surface area contributed by atoms with Crippen molar-refractivity contribution < 1.29 is 4.43 Å². The van der Waals surface area contributed by atoms with Gasteiger partial charge in [0.1, 0.15) is 0 Å². The summed E-state index contributed by atoms with van der Waals surface area (Å²) in [4.78, 5) is 0. The standard InChI is InChI=1S/C22H35Cl2NOSi/c1-5-27(6-2,7-3)26-21(22-18(23)10-15(4)11-19(22)24)14-25-20-13-16-8-9-17(20)12-16/h10-11,16-17,20-21,25H,5-9,12-14H2,1-4H3. The molecule has 0 aromatic heterocycles. The Kier molecular flexibility index (Phi) is 7.35. The molecule has 2 saturated carbocycles. The number of halogens is 2. The van der Waals surface area contributed by atoms with E-state index in [1.54, 1.807) is 0 Å². The molecule has 1 aromatic rings. The predicted octanol–water partition coefficient (Wildman–Crippen LogP) is 7.14. The lowest BCUT2D eigenvalue weighted by atomic mass is 9.95. The lowest BCUT2D eigenvalue weighted by molar-refractivity contribution is 0.175. The molecule has 4 atom stereocenters. The maximum atomic E-state index is 6.92. The minimum absolute atomic E-state index is 0.0590. The predicted molar refractivity (Wildman–Crippen MR) is 119 cm³/mol. The molecule has 1 N–H and O–H groups in total. The van der Waals surface area contributed by atoms with E-state index in [2.05, 4.69) is 26.1 Å². The van der Waals surface area contributed by atoms with Crippen molar-refractivity contribution in [2.45, 2.75) is 83.7 Å². The van der Waals surface area contributed by atoms with Crippen LogP contribution in [-0.2, 0) is 4.43 Å².